The molecule has 0 atom stereocenters. The van der Waals surface area contributed by atoms with Crippen molar-refractivity contribution in [3.8, 4) is 5.75 Å². The van der Waals surface area contributed by atoms with Crippen LogP contribution in [0.3, 0.4) is 0 Å². The van der Waals surface area contributed by atoms with Gasteiger partial charge in [-0.1, -0.05) is 55.2 Å². The van der Waals surface area contributed by atoms with Gasteiger partial charge in [-0.3, -0.25) is 0 Å². The standard InChI is InChI=1S/C20H26Cl2N2O.2ClH/c1-3-24(4-2)12-11-23-14-17-13-18(21)9-10-20(17)25-15-16-7-5-6-8-19(16)22;;/h5-10,13,23H,3-4,11-12,14-15H2,1-2H3;2*1H. The van der Waals surface area contributed by atoms with Gasteiger partial charge in [-0.05, 0) is 37.4 Å². The number of benzene rings is 2. The summed E-state index contributed by atoms with van der Waals surface area (Å²) in [5.41, 5.74) is 2.03. The number of hydrogen-bond donors (Lipinski definition) is 1. The van der Waals surface area contributed by atoms with Crippen LogP contribution >= 0.6 is 48.0 Å². The first kappa shape index (κ1) is 26.3. The third-order valence-electron chi connectivity index (χ3n) is 4.18. The Hall–Kier alpha value is -0.680. The van der Waals surface area contributed by atoms with E-state index >= 15 is 0 Å². The summed E-state index contributed by atoms with van der Waals surface area (Å²) in [5.74, 6) is 0.833. The van der Waals surface area contributed by atoms with Gasteiger partial charge in [-0.25, -0.2) is 0 Å². The van der Waals surface area contributed by atoms with Crippen molar-refractivity contribution in [3.05, 3.63) is 63.6 Å². The second-order valence-electron chi connectivity index (χ2n) is 5.84. The zero-order valence-electron chi connectivity index (χ0n) is 15.7. The maximum absolute atomic E-state index is 6.20. The average molecular weight is 454 g/mol. The molecule has 3 nitrogen and oxygen atoms in total. The van der Waals surface area contributed by atoms with Crippen LogP contribution in [0.25, 0.3) is 0 Å². The van der Waals surface area contributed by atoms with Crippen molar-refractivity contribution >= 4 is 48.0 Å². The number of nitrogens with one attached hydrogen (secondary N) is 1. The summed E-state index contributed by atoms with van der Waals surface area (Å²) in [7, 11) is 0. The summed E-state index contributed by atoms with van der Waals surface area (Å²) in [4.78, 5) is 2.39. The quantitative estimate of drug-likeness (QED) is 0.456. The van der Waals surface area contributed by atoms with Crippen LogP contribution < -0.4 is 10.1 Å². The van der Waals surface area contributed by atoms with E-state index in [4.69, 9.17) is 27.9 Å². The summed E-state index contributed by atoms with van der Waals surface area (Å²) in [6.07, 6.45) is 0. The highest BCUT2D eigenvalue weighted by Gasteiger charge is 2.07. The highest BCUT2D eigenvalue weighted by Crippen LogP contribution is 2.25. The Labute approximate surface area is 185 Å². The molecular formula is C20H28Cl4N2O. The number of rotatable bonds is 10. The van der Waals surface area contributed by atoms with Gasteiger partial charge in [0.05, 0.1) is 0 Å². The minimum atomic E-state index is 0. The molecule has 0 spiro atoms. The third kappa shape index (κ3) is 8.91. The van der Waals surface area contributed by atoms with Gasteiger partial charge in [0.25, 0.3) is 0 Å². The average Bonchev–Trinajstić information content (AvgIpc) is 2.62. The first-order chi connectivity index (χ1) is 12.1. The Bertz CT molecular complexity index is 666. The van der Waals surface area contributed by atoms with Gasteiger partial charge in [0.1, 0.15) is 12.4 Å². The van der Waals surface area contributed by atoms with E-state index in [1.807, 2.05) is 42.5 Å². The Kier molecular flexibility index (Phi) is 14.0. The molecule has 0 bridgehead atoms. The Morgan fingerprint density at radius 1 is 0.963 bits per heavy atom. The van der Waals surface area contributed by atoms with Crippen molar-refractivity contribution in [2.24, 2.45) is 0 Å². The van der Waals surface area contributed by atoms with Crippen LogP contribution in [0, 0.1) is 0 Å². The largest absolute Gasteiger partial charge is 0.489 e. The third-order valence-corrected chi connectivity index (χ3v) is 4.78. The van der Waals surface area contributed by atoms with Crippen molar-refractivity contribution < 1.29 is 4.74 Å². The molecule has 0 aliphatic heterocycles. The Morgan fingerprint density at radius 2 is 1.67 bits per heavy atom. The molecule has 2 aromatic rings. The summed E-state index contributed by atoms with van der Waals surface area (Å²) < 4.78 is 5.99. The maximum Gasteiger partial charge on any atom is 0.124 e. The molecule has 7 heteroatoms. The van der Waals surface area contributed by atoms with Crippen LogP contribution in [-0.4, -0.2) is 31.1 Å². The van der Waals surface area contributed by atoms with E-state index in [1.54, 1.807) is 0 Å². The summed E-state index contributed by atoms with van der Waals surface area (Å²) in [6.45, 7) is 9.63. The molecule has 0 fully saturated rings. The van der Waals surface area contributed by atoms with Gasteiger partial charge in [0, 0.05) is 40.8 Å². The van der Waals surface area contributed by atoms with E-state index in [0.717, 1.165) is 54.6 Å². The maximum atomic E-state index is 6.20. The molecule has 0 aliphatic rings. The number of likely N-dealkylation sites (N-methyl/N-ethyl adjacent to an activating group) is 1. The molecule has 0 aliphatic carbocycles. The van der Waals surface area contributed by atoms with Gasteiger partial charge in [-0.2, -0.15) is 0 Å². The number of ether oxygens (including phenoxy) is 1. The number of nitrogens with zero attached hydrogens (tertiary/aromatic N) is 1. The van der Waals surface area contributed by atoms with E-state index in [0.29, 0.717) is 11.6 Å². The predicted molar refractivity (Wildman–Crippen MR) is 121 cm³/mol. The highest BCUT2D eigenvalue weighted by atomic mass is 35.5. The van der Waals surface area contributed by atoms with Crippen molar-refractivity contribution in [1.82, 2.24) is 10.2 Å². The highest BCUT2D eigenvalue weighted by molar-refractivity contribution is 6.31. The van der Waals surface area contributed by atoms with Crippen LogP contribution in [-0.2, 0) is 13.2 Å². The smallest absolute Gasteiger partial charge is 0.124 e. The van der Waals surface area contributed by atoms with Crippen molar-refractivity contribution in [2.45, 2.75) is 27.0 Å². The molecule has 0 amide bonds. The number of halogens is 4. The molecule has 1 N–H and O–H groups in total. The second kappa shape index (κ2) is 14.3. The van der Waals surface area contributed by atoms with Crippen LogP contribution in [0.5, 0.6) is 5.75 Å². The summed E-state index contributed by atoms with van der Waals surface area (Å²) in [5, 5.41) is 4.90. The zero-order chi connectivity index (χ0) is 18.1. The normalized spacial score (nSPS) is 10.3. The van der Waals surface area contributed by atoms with Crippen LogP contribution in [0.4, 0.5) is 0 Å². The lowest BCUT2D eigenvalue weighted by Gasteiger charge is -2.18. The molecule has 152 valence electrons. The van der Waals surface area contributed by atoms with Gasteiger partial charge < -0.3 is 15.0 Å². The van der Waals surface area contributed by atoms with E-state index in [9.17, 15) is 0 Å². The lowest BCUT2D eigenvalue weighted by Crippen LogP contribution is -2.31. The molecule has 0 saturated carbocycles. The van der Waals surface area contributed by atoms with Crippen molar-refractivity contribution in [3.63, 3.8) is 0 Å². The van der Waals surface area contributed by atoms with E-state index in [-0.39, 0.29) is 24.8 Å². The van der Waals surface area contributed by atoms with Crippen molar-refractivity contribution in [2.75, 3.05) is 26.2 Å². The Morgan fingerprint density at radius 3 is 2.33 bits per heavy atom. The molecule has 0 radical (unpaired) electrons. The van der Waals surface area contributed by atoms with Crippen LogP contribution in [0.1, 0.15) is 25.0 Å². The SMILES string of the molecule is CCN(CC)CCNCc1cc(Cl)ccc1OCc1ccccc1Cl.Cl.Cl. The molecule has 0 saturated heterocycles. The first-order valence-corrected chi connectivity index (χ1v) is 9.47. The summed E-state index contributed by atoms with van der Waals surface area (Å²) >= 11 is 12.4. The fourth-order valence-corrected chi connectivity index (χ4v) is 2.98. The van der Waals surface area contributed by atoms with Crippen molar-refractivity contribution in [1.29, 1.82) is 0 Å². The molecule has 27 heavy (non-hydrogen) atoms. The minimum absolute atomic E-state index is 0. The fourth-order valence-electron chi connectivity index (χ4n) is 2.60. The summed E-state index contributed by atoms with van der Waals surface area (Å²) in [6, 6.07) is 13.4. The van der Waals surface area contributed by atoms with Gasteiger partial charge in [0.2, 0.25) is 0 Å². The first-order valence-electron chi connectivity index (χ1n) is 8.71. The predicted octanol–water partition coefficient (Wildman–Crippen LogP) is 5.85. The van der Waals surface area contributed by atoms with Crippen LogP contribution in [0.15, 0.2) is 42.5 Å². The monoisotopic (exact) mass is 452 g/mol. The minimum Gasteiger partial charge on any atom is -0.489 e. The van der Waals surface area contributed by atoms with Gasteiger partial charge in [0.15, 0.2) is 0 Å². The lowest BCUT2D eigenvalue weighted by molar-refractivity contribution is 0.296. The van der Waals surface area contributed by atoms with E-state index in [2.05, 4.69) is 24.1 Å². The molecular weight excluding hydrogens is 426 g/mol. The second-order valence-corrected chi connectivity index (χ2v) is 6.68. The van der Waals surface area contributed by atoms with Gasteiger partial charge in [-0.15, -0.1) is 24.8 Å². The lowest BCUT2D eigenvalue weighted by atomic mass is 10.2. The molecule has 0 heterocycles. The molecule has 0 unspecified atom stereocenters. The van der Waals surface area contributed by atoms with Crippen LogP contribution in [0.2, 0.25) is 10.0 Å². The van der Waals surface area contributed by atoms with E-state index in [1.165, 1.54) is 0 Å². The topological polar surface area (TPSA) is 24.5 Å². The zero-order valence-corrected chi connectivity index (χ0v) is 18.9. The van der Waals surface area contributed by atoms with Gasteiger partial charge >= 0.3 is 0 Å². The molecule has 2 rings (SSSR count). The van der Waals surface area contributed by atoms with E-state index < -0.39 is 0 Å². The molecule has 2 aromatic carbocycles. The number of hydrogen-bond acceptors (Lipinski definition) is 3. The molecule has 0 aromatic heterocycles. The fraction of sp³-hybridized carbons (Fsp3) is 0.400. The Balaban J connectivity index is 0.00000338.